The van der Waals surface area contributed by atoms with E-state index < -0.39 is 5.97 Å². The van der Waals surface area contributed by atoms with Crippen LogP contribution in [-0.4, -0.2) is 33.1 Å². The standard InChI is InChI=1S/C38H37Cl2N3O4/c1-2-3-19-43-24-35(33-18-15-31(39)22-34(33)40)42-37(43)30(23-41-36(44)21-26-7-5-4-6-8-26)20-27-11-16-32(17-12-27)47-25-28-9-13-29(14-10-28)38(45)46/h4-18,22,24,30H,2-3,19-21,23,25H2,1H3,(H,41,44)(H,45,46)/t30-/m1/s1. The summed E-state index contributed by atoms with van der Waals surface area (Å²) in [4.78, 5) is 29.3. The fraction of sp³-hybridized carbons (Fsp3) is 0.237. The number of rotatable bonds is 15. The molecule has 2 N–H and O–H groups in total. The molecule has 1 amide bonds. The Morgan fingerprint density at radius 3 is 2.32 bits per heavy atom. The van der Waals surface area contributed by atoms with Gasteiger partial charge >= 0.3 is 5.97 Å². The van der Waals surface area contributed by atoms with Crippen molar-refractivity contribution in [2.45, 2.75) is 51.7 Å². The van der Waals surface area contributed by atoms with Gasteiger partial charge in [0.15, 0.2) is 0 Å². The maximum absolute atomic E-state index is 13.0. The number of nitrogens with zero attached hydrogens (tertiary/aromatic N) is 2. The van der Waals surface area contributed by atoms with Gasteiger partial charge in [0.2, 0.25) is 5.91 Å². The van der Waals surface area contributed by atoms with Crippen molar-refractivity contribution in [2.24, 2.45) is 0 Å². The summed E-state index contributed by atoms with van der Waals surface area (Å²) in [5.41, 5.74) is 4.71. The van der Waals surface area contributed by atoms with Gasteiger partial charge in [-0.1, -0.05) is 91.1 Å². The van der Waals surface area contributed by atoms with Gasteiger partial charge in [-0.05, 0) is 72.0 Å². The predicted octanol–water partition coefficient (Wildman–Crippen LogP) is 8.62. The number of benzene rings is 4. The number of carbonyl (C=O) groups excluding carboxylic acids is 1. The molecule has 0 fully saturated rings. The SMILES string of the molecule is CCCCn1cc(-c2ccc(Cl)cc2Cl)nc1[C@@H](CNC(=O)Cc1ccccc1)Cc1ccc(OCc2ccc(C(=O)O)cc2)cc1. The fourth-order valence-corrected chi connectivity index (χ4v) is 5.85. The van der Waals surface area contributed by atoms with Crippen molar-refractivity contribution in [3.05, 3.63) is 141 Å². The molecule has 4 aromatic carbocycles. The molecule has 5 aromatic rings. The fourth-order valence-electron chi connectivity index (χ4n) is 5.34. The van der Waals surface area contributed by atoms with Gasteiger partial charge in [0, 0.05) is 35.8 Å². The highest BCUT2D eigenvalue weighted by atomic mass is 35.5. The molecule has 0 aliphatic rings. The van der Waals surface area contributed by atoms with Crippen molar-refractivity contribution in [1.82, 2.24) is 14.9 Å². The van der Waals surface area contributed by atoms with Crippen LogP contribution in [-0.2, 0) is 30.8 Å². The Labute approximate surface area is 285 Å². The van der Waals surface area contributed by atoms with Crippen LogP contribution in [0.2, 0.25) is 10.0 Å². The minimum absolute atomic E-state index is 0.0473. The van der Waals surface area contributed by atoms with Crippen LogP contribution in [0.25, 0.3) is 11.3 Å². The molecule has 0 aliphatic heterocycles. The van der Waals surface area contributed by atoms with Gasteiger partial charge < -0.3 is 19.7 Å². The Bertz CT molecular complexity index is 1790. The number of hydrogen-bond acceptors (Lipinski definition) is 4. The molecular weight excluding hydrogens is 633 g/mol. The molecule has 0 unspecified atom stereocenters. The summed E-state index contributed by atoms with van der Waals surface area (Å²) in [6.45, 7) is 3.68. The Morgan fingerprint density at radius 1 is 0.915 bits per heavy atom. The second kappa shape index (κ2) is 16.3. The van der Waals surface area contributed by atoms with E-state index in [1.165, 1.54) is 0 Å². The zero-order valence-corrected chi connectivity index (χ0v) is 27.7. The second-order valence-corrected chi connectivity index (χ2v) is 12.3. The average molecular weight is 671 g/mol. The van der Waals surface area contributed by atoms with Crippen LogP contribution in [0.3, 0.4) is 0 Å². The molecule has 0 bridgehead atoms. The Balaban J connectivity index is 1.36. The second-order valence-electron chi connectivity index (χ2n) is 11.5. The van der Waals surface area contributed by atoms with Gasteiger partial charge in [-0.2, -0.15) is 0 Å². The number of ether oxygens (including phenoxy) is 1. The van der Waals surface area contributed by atoms with Crippen LogP contribution in [0.5, 0.6) is 5.75 Å². The molecule has 1 aromatic heterocycles. The van der Waals surface area contributed by atoms with Gasteiger partial charge in [-0.3, -0.25) is 4.79 Å². The smallest absolute Gasteiger partial charge is 0.335 e. The number of carbonyl (C=O) groups is 2. The van der Waals surface area contributed by atoms with Gasteiger partial charge in [0.1, 0.15) is 18.2 Å². The van der Waals surface area contributed by atoms with Crippen molar-refractivity contribution in [1.29, 1.82) is 0 Å². The molecule has 7 nitrogen and oxygen atoms in total. The number of unbranched alkanes of at least 4 members (excludes halogenated alkanes) is 1. The number of aromatic carboxylic acids is 1. The summed E-state index contributed by atoms with van der Waals surface area (Å²) in [5.74, 6) is 0.456. The molecule has 242 valence electrons. The number of aryl methyl sites for hydroxylation is 1. The molecule has 0 aliphatic carbocycles. The minimum atomic E-state index is -0.958. The summed E-state index contributed by atoms with van der Waals surface area (Å²) in [6.07, 6.45) is 4.99. The number of carboxylic acid groups (broad SMARTS) is 1. The Kier molecular flexibility index (Phi) is 11.7. The maximum atomic E-state index is 13.0. The zero-order chi connectivity index (χ0) is 33.2. The number of imidazole rings is 1. The van der Waals surface area contributed by atoms with E-state index in [1.54, 1.807) is 30.3 Å². The normalized spacial score (nSPS) is 11.6. The molecule has 9 heteroatoms. The average Bonchev–Trinajstić information content (AvgIpc) is 3.49. The molecule has 0 saturated heterocycles. The van der Waals surface area contributed by atoms with Crippen molar-refractivity contribution < 1.29 is 19.4 Å². The highest BCUT2D eigenvalue weighted by Crippen LogP contribution is 2.32. The van der Waals surface area contributed by atoms with E-state index in [0.29, 0.717) is 41.8 Å². The van der Waals surface area contributed by atoms with Gasteiger partial charge in [-0.15, -0.1) is 0 Å². The van der Waals surface area contributed by atoms with Crippen LogP contribution in [0.15, 0.2) is 103 Å². The van der Waals surface area contributed by atoms with E-state index in [9.17, 15) is 9.59 Å². The van der Waals surface area contributed by atoms with E-state index in [4.69, 9.17) is 38.0 Å². The molecule has 0 radical (unpaired) electrons. The highest BCUT2D eigenvalue weighted by molar-refractivity contribution is 6.36. The number of hydrogen-bond donors (Lipinski definition) is 2. The molecule has 1 heterocycles. The quantitative estimate of drug-likeness (QED) is 0.116. The van der Waals surface area contributed by atoms with Crippen LogP contribution in [0.1, 0.15) is 58.6 Å². The first kappa shape index (κ1) is 33.8. The van der Waals surface area contributed by atoms with E-state index in [1.807, 2.05) is 72.9 Å². The van der Waals surface area contributed by atoms with Crippen LogP contribution >= 0.6 is 23.2 Å². The summed E-state index contributed by atoms with van der Waals surface area (Å²) < 4.78 is 8.15. The Morgan fingerprint density at radius 2 is 1.64 bits per heavy atom. The first-order chi connectivity index (χ1) is 22.8. The van der Waals surface area contributed by atoms with E-state index in [0.717, 1.165) is 53.2 Å². The number of halogens is 2. The van der Waals surface area contributed by atoms with E-state index in [2.05, 4.69) is 16.8 Å². The van der Waals surface area contributed by atoms with E-state index in [-0.39, 0.29) is 17.4 Å². The lowest BCUT2D eigenvalue weighted by atomic mass is 9.97. The van der Waals surface area contributed by atoms with Crippen LogP contribution < -0.4 is 10.1 Å². The lowest BCUT2D eigenvalue weighted by molar-refractivity contribution is -0.120. The third-order valence-electron chi connectivity index (χ3n) is 7.90. The molecule has 0 saturated carbocycles. The van der Waals surface area contributed by atoms with Crippen molar-refractivity contribution in [2.75, 3.05) is 6.54 Å². The maximum Gasteiger partial charge on any atom is 0.335 e. The van der Waals surface area contributed by atoms with Crippen LogP contribution in [0.4, 0.5) is 0 Å². The topological polar surface area (TPSA) is 93.5 Å². The lowest BCUT2D eigenvalue weighted by Crippen LogP contribution is -2.31. The number of nitrogens with one attached hydrogen (secondary N) is 1. The lowest BCUT2D eigenvalue weighted by Gasteiger charge is -2.20. The third-order valence-corrected chi connectivity index (χ3v) is 8.44. The largest absolute Gasteiger partial charge is 0.489 e. The van der Waals surface area contributed by atoms with Gasteiger partial charge in [-0.25, -0.2) is 9.78 Å². The summed E-state index contributed by atoms with van der Waals surface area (Å²) >= 11 is 12.8. The summed E-state index contributed by atoms with van der Waals surface area (Å²) in [6, 6.07) is 29.7. The zero-order valence-electron chi connectivity index (χ0n) is 26.2. The highest BCUT2D eigenvalue weighted by Gasteiger charge is 2.22. The molecule has 47 heavy (non-hydrogen) atoms. The summed E-state index contributed by atoms with van der Waals surface area (Å²) in [5, 5.41) is 13.4. The van der Waals surface area contributed by atoms with Crippen molar-refractivity contribution in [3.63, 3.8) is 0 Å². The molecular formula is C38H37Cl2N3O4. The first-order valence-corrected chi connectivity index (χ1v) is 16.4. The first-order valence-electron chi connectivity index (χ1n) is 15.7. The molecule has 5 rings (SSSR count). The number of amides is 1. The molecule has 1 atom stereocenters. The van der Waals surface area contributed by atoms with E-state index >= 15 is 0 Å². The third kappa shape index (κ3) is 9.47. The number of carboxylic acids is 1. The Hall–Kier alpha value is -4.59. The van der Waals surface area contributed by atoms with Gasteiger partial charge in [0.05, 0.1) is 22.7 Å². The van der Waals surface area contributed by atoms with Crippen LogP contribution in [0, 0.1) is 0 Å². The van der Waals surface area contributed by atoms with Crippen molar-refractivity contribution >= 4 is 35.1 Å². The number of aromatic nitrogens is 2. The predicted molar refractivity (Wildman–Crippen MR) is 186 cm³/mol. The van der Waals surface area contributed by atoms with Crippen molar-refractivity contribution in [3.8, 4) is 17.0 Å². The minimum Gasteiger partial charge on any atom is -0.489 e. The monoisotopic (exact) mass is 669 g/mol. The molecule has 0 spiro atoms. The summed E-state index contributed by atoms with van der Waals surface area (Å²) in [7, 11) is 0. The van der Waals surface area contributed by atoms with Gasteiger partial charge in [0.25, 0.3) is 0 Å².